The molecule has 0 aromatic heterocycles. The summed E-state index contributed by atoms with van der Waals surface area (Å²) in [5.74, 6) is 0.747. The van der Waals surface area contributed by atoms with E-state index in [1.165, 1.54) is 44.3 Å². The van der Waals surface area contributed by atoms with E-state index < -0.39 is 0 Å². The predicted octanol–water partition coefficient (Wildman–Crippen LogP) is 2.05. The molecule has 2 aliphatic rings. The van der Waals surface area contributed by atoms with Gasteiger partial charge in [0.05, 0.1) is 0 Å². The zero-order valence-corrected chi connectivity index (χ0v) is 9.73. The van der Waals surface area contributed by atoms with Gasteiger partial charge in [0.2, 0.25) is 0 Å². The van der Waals surface area contributed by atoms with Crippen molar-refractivity contribution in [1.82, 2.24) is 4.67 Å². The molecule has 1 atom stereocenters. The Bertz CT molecular complexity index is 262. The zero-order valence-electron chi connectivity index (χ0n) is 8.58. The highest BCUT2D eigenvalue weighted by molar-refractivity contribution is 7.13. The Labute approximate surface area is 88.5 Å². The maximum Gasteiger partial charge on any atom is 0.0305 e. The quantitative estimate of drug-likeness (QED) is 0.671. The van der Waals surface area contributed by atoms with Gasteiger partial charge in [0, 0.05) is 18.8 Å². The number of hydrogen-bond donors (Lipinski definition) is 1. The third-order valence-electron chi connectivity index (χ3n) is 3.27. The second-order valence-electron chi connectivity index (χ2n) is 4.23. The third kappa shape index (κ3) is 2.18. The van der Waals surface area contributed by atoms with Crippen LogP contribution in [0.5, 0.6) is 0 Å². The highest BCUT2D eigenvalue weighted by Gasteiger charge is 2.22. The van der Waals surface area contributed by atoms with E-state index in [4.69, 9.17) is 5.73 Å². The van der Waals surface area contributed by atoms with E-state index >= 15 is 0 Å². The molecule has 1 unspecified atom stereocenters. The van der Waals surface area contributed by atoms with Gasteiger partial charge in [-0.05, 0) is 43.3 Å². The number of nitrogens with zero attached hydrogens (tertiary/aromatic N) is 1. The molecule has 1 heterocycles. The number of hydrogen-bond acceptors (Lipinski definition) is 2. The molecule has 3 heteroatoms. The molecule has 0 bridgehead atoms. The van der Waals surface area contributed by atoms with Crippen molar-refractivity contribution in [3.63, 3.8) is 0 Å². The van der Waals surface area contributed by atoms with Crippen molar-refractivity contribution in [3.8, 4) is 0 Å². The molecule has 2 nitrogen and oxygen atoms in total. The topological polar surface area (TPSA) is 29.3 Å². The maximum atomic E-state index is 6.02. The summed E-state index contributed by atoms with van der Waals surface area (Å²) in [5.41, 5.74) is 8.58. The van der Waals surface area contributed by atoms with Crippen LogP contribution in [0.1, 0.15) is 25.7 Å². The van der Waals surface area contributed by atoms with Crippen LogP contribution in [-0.4, -0.2) is 17.8 Å². The molecule has 1 aliphatic carbocycles. The number of rotatable bonds is 1. The molecule has 2 rings (SSSR count). The van der Waals surface area contributed by atoms with Gasteiger partial charge in [-0.25, -0.2) is 0 Å². The first kappa shape index (κ1) is 10.2. The second kappa shape index (κ2) is 4.46. The molecule has 0 amide bonds. The van der Waals surface area contributed by atoms with Crippen LogP contribution in [-0.2, 0) is 0 Å². The average molecular weight is 210 g/mol. The average Bonchev–Trinajstić information content (AvgIpc) is 2.20. The van der Waals surface area contributed by atoms with Crippen LogP contribution in [0, 0.1) is 5.92 Å². The summed E-state index contributed by atoms with van der Waals surface area (Å²) in [7, 11) is 2.79. The van der Waals surface area contributed by atoms with Gasteiger partial charge in [-0.3, -0.25) is 4.67 Å². The predicted molar refractivity (Wildman–Crippen MR) is 63.6 cm³/mol. The Kier molecular flexibility index (Phi) is 3.25. The van der Waals surface area contributed by atoms with Crippen LogP contribution >= 0.6 is 9.39 Å². The molecule has 78 valence electrons. The molecule has 0 spiro atoms. The highest BCUT2D eigenvalue weighted by Crippen LogP contribution is 2.31. The molecule has 0 saturated carbocycles. The number of allylic oxidation sites excluding steroid dienone is 3. The number of nitrogens with two attached hydrogens (primary N) is 1. The lowest BCUT2D eigenvalue weighted by atomic mass is 9.84. The van der Waals surface area contributed by atoms with Crippen molar-refractivity contribution >= 4 is 9.39 Å². The molecule has 1 fully saturated rings. The summed E-state index contributed by atoms with van der Waals surface area (Å²) in [6.07, 6.45) is 9.18. The largest absolute Gasteiger partial charge is 0.399 e. The van der Waals surface area contributed by atoms with Gasteiger partial charge in [0.25, 0.3) is 0 Å². The fourth-order valence-corrected chi connectivity index (χ4v) is 2.69. The van der Waals surface area contributed by atoms with E-state index in [1.807, 2.05) is 0 Å². The summed E-state index contributed by atoms with van der Waals surface area (Å²) < 4.78 is 2.33. The second-order valence-corrected chi connectivity index (χ2v) is 4.96. The van der Waals surface area contributed by atoms with Gasteiger partial charge < -0.3 is 5.73 Å². The monoisotopic (exact) mass is 210 g/mol. The van der Waals surface area contributed by atoms with Crippen LogP contribution in [0.2, 0.25) is 0 Å². The SMILES string of the molecule is NC1=C(C2CCN(P)CC2)CCC=C1. The molecule has 0 radical (unpaired) electrons. The summed E-state index contributed by atoms with van der Waals surface area (Å²) in [6, 6.07) is 0. The normalized spacial score (nSPS) is 25.8. The van der Waals surface area contributed by atoms with E-state index in [2.05, 4.69) is 26.2 Å². The smallest absolute Gasteiger partial charge is 0.0305 e. The summed E-state index contributed by atoms with van der Waals surface area (Å²) in [4.78, 5) is 0. The Morgan fingerprint density at radius 1 is 1.36 bits per heavy atom. The third-order valence-corrected chi connectivity index (χ3v) is 3.79. The van der Waals surface area contributed by atoms with Gasteiger partial charge >= 0.3 is 0 Å². The first-order chi connectivity index (χ1) is 6.77. The van der Waals surface area contributed by atoms with Crippen LogP contribution < -0.4 is 5.73 Å². The Morgan fingerprint density at radius 2 is 2.07 bits per heavy atom. The first-order valence-corrected chi connectivity index (χ1v) is 5.93. The van der Waals surface area contributed by atoms with Crippen LogP contribution in [0.25, 0.3) is 0 Å². The van der Waals surface area contributed by atoms with Gasteiger partial charge in [-0.1, -0.05) is 15.5 Å². The van der Waals surface area contributed by atoms with Crippen molar-refractivity contribution in [2.45, 2.75) is 25.7 Å². The Balaban J connectivity index is 2.04. The molecule has 1 aliphatic heterocycles. The van der Waals surface area contributed by atoms with Crippen LogP contribution in [0.3, 0.4) is 0 Å². The first-order valence-electron chi connectivity index (χ1n) is 5.42. The van der Waals surface area contributed by atoms with Crippen molar-refractivity contribution in [2.24, 2.45) is 11.7 Å². The Hall–Kier alpha value is -0.330. The van der Waals surface area contributed by atoms with Crippen molar-refractivity contribution in [3.05, 3.63) is 23.4 Å². The van der Waals surface area contributed by atoms with Crippen molar-refractivity contribution < 1.29 is 0 Å². The standard InChI is InChI=1S/C11H19N2P/c12-11-4-2-1-3-10(11)9-5-7-13(14)8-6-9/h2,4,9H,1,3,5-8,12,14H2. The summed E-state index contributed by atoms with van der Waals surface area (Å²) in [5, 5.41) is 0. The van der Waals surface area contributed by atoms with Crippen LogP contribution in [0.4, 0.5) is 0 Å². The summed E-state index contributed by atoms with van der Waals surface area (Å²) in [6.45, 7) is 2.38. The molecular formula is C11H19N2P. The van der Waals surface area contributed by atoms with Crippen molar-refractivity contribution in [1.29, 1.82) is 0 Å². The van der Waals surface area contributed by atoms with E-state index in [0.717, 1.165) is 11.6 Å². The minimum Gasteiger partial charge on any atom is -0.399 e. The minimum absolute atomic E-state index is 0.747. The molecule has 0 aromatic rings. The molecule has 0 aromatic carbocycles. The van der Waals surface area contributed by atoms with Crippen LogP contribution in [0.15, 0.2) is 23.4 Å². The lowest BCUT2D eigenvalue weighted by molar-refractivity contribution is 0.313. The molecule has 2 N–H and O–H groups in total. The van der Waals surface area contributed by atoms with E-state index in [-0.39, 0.29) is 0 Å². The summed E-state index contributed by atoms with van der Waals surface area (Å²) >= 11 is 0. The Morgan fingerprint density at radius 3 is 2.71 bits per heavy atom. The molecular weight excluding hydrogens is 191 g/mol. The maximum absolute atomic E-state index is 6.02. The highest BCUT2D eigenvalue weighted by atomic mass is 31.0. The van der Waals surface area contributed by atoms with Gasteiger partial charge in [0.1, 0.15) is 0 Å². The van der Waals surface area contributed by atoms with Gasteiger partial charge in [-0.15, -0.1) is 0 Å². The van der Waals surface area contributed by atoms with Gasteiger partial charge in [-0.2, -0.15) is 0 Å². The molecule has 1 saturated heterocycles. The fraction of sp³-hybridized carbons (Fsp3) is 0.636. The molecule has 14 heavy (non-hydrogen) atoms. The van der Waals surface area contributed by atoms with E-state index in [0.29, 0.717) is 0 Å². The van der Waals surface area contributed by atoms with Crippen molar-refractivity contribution in [2.75, 3.05) is 13.1 Å². The lowest BCUT2D eigenvalue weighted by Gasteiger charge is -2.31. The zero-order chi connectivity index (χ0) is 9.97. The van der Waals surface area contributed by atoms with E-state index in [1.54, 1.807) is 0 Å². The minimum atomic E-state index is 0.747. The van der Waals surface area contributed by atoms with E-state index in [9.17, 15) is 0 Å². The fourth-order valence-electron chi connectivity index (χ4n) is 2.39. The number of piperidine rings is 1. The lowest BCUT2D eigenvalue weighted by Crippen LogP contribution is -2.28. The van der Waals surface area contributed by atoms with Gasteiger partial charge in [0.15, 0.2) is 0 Å².